The molecule has 1 aliphatic carbocycles. The normalized spacial score (nSPS) is 17.3. The number of pyridine rings is 1. The van der Waals surface area contributed by atoms with Crippen LogP contribution in [0.1, 0.15) is 56.8 Å². The van der Waals surface area contributed by atoms with E-state index < -0.39 is 0 Å². The summed E-state index contributed by atoms with van der Waals surface area (Å²) in [7, 11) is 0. The molecular weight excluding hydrogens is 284 g/mol. The summed E-state index contributed by atoms with van der Waals surface area (Å²) in [5.74, 6) is 1.93. The molecule has 0 spiro atoms. The fourth-order valence-corrected chi connectivity index (χ4v) is 3.66. The summed E-state index contributed by atoms with van der Waals surface area (Å²) in [5.41, 5.74) is 3.03. The molecule has 4 heteroatoms. The average Bonchev–Trinajstić information content (AvgIpc) is 2.90. The SMILES string of the molecule is Cc1cnc2c(c1)nc(CCC1CCCCC1)n2CC(C)C#N. The van der Waals surface area contributed by atoms with Gasteiger partial charge in [0.1, 0.15) is 11.3 Å². The van der Waals surface area contributed by atoms with Crippen molar-refractivity contribution in [2.45, 2.75) is 65.3 Å². The van der Waals surface area contributed by atoms with Crippen LogP contribution in [0.3, 0.4) is 0 Å². The van der Waals surface area contributed by atoms with Crippen LogP contribution in [0.5, 0.6) is 0 Å². The molecule has 2 heterocycles. The third-order valence-corrected chi connectivity index (χ3v) is 4.98. The van der Waals surface area contributed by atoms with E-state index in [-0.39, 0.29) is 5.92 Å². The number of hydrogen-bond donors (Lipinski definition) is 0. The lowest BCUT2D eigenvalue weighted by atomic mass is 9.86. The van der Waals surface area contributed by atoms with Crippen molar-refractivity contribution < 1.29 is 0 Å². The van der Waals surface area contributed by atoms with Crippen molar-refractivity contribution in [2.75, 3.05) is 0 Å². The molecule has 1 saturated carbocycles. The van der Waals surface area contributed by atoms with E-state index >= 15 is 0 Å². The average molecular weight is 310 g/mol. The van der Waals surface area contributed by atoms with Crippen molar-refractivity contribution in [1.82, 2.24) is 14.5 Å². The minimum atomic E-state index is -0.0241. The molecule has 0 radical (unpaired) electrons. The van der Waals surface area contributed by atoms with Gasteiger partial charge in [0, 0.05) is 19.2 Å². The first kappa shape index (κ1) is 16.0. The van der Waals surface area contributed by atoms with Crippen LogP contribution in [0.15, 0.2) is 12.3 Å². The first-order chi connectivity index (χ1) is 11.2. The number of rotatable bonds is 5. The monoisotopic (exact) mass is 310 g/mol. The number of fused-ring (bicyclic) bond motifs is 1. The Morgan fingerprint density at radius 3 is 2.87 bits per heavy atom. The van der Waals surface area contributed by atoms with E-state index in [1.807, 2.05) is 20.0 Å². The molecule has 0 amide bonds. The standard InChI is InChI=1S/C19H26N4/c1-14-10-17-19(21-12-14)23(13-15(2)11-20)18(22-17)9-8-16-6-4-3-5-7-16/h10,12,15-16H,3-9,13H2,1-2H3. The van der Waals surface area contributed by atoms with Crippen molar-refractivity contribution in [3.8, 4) is 6.07 Å². The van der Waals surface area contributed by atoms with Gasteiger partial charge in [-0.15, -0.1) is 0 Å². The fourth-order valence-electron chi connectivity index (χ4n) is 3.66. The lowest BCUT2D eigenvalue weighted by Crippen LogP contribution is -2.13. The molecule has 1 unspecified atom stereocenters. The van der Waals surface area contributed by atoms with Crippen LogP contribution >= 0.6 is 0 Å². The number of imidazole rings is 1. The molecule has 0 bridgehead atoms. The highest BCUT2D eigenvalue weighted by molar-refractivity contribution is 5.72. The molecule has 1 aliphatic rings. The summed E-state index contributed by atoms with van der Waals surface area (Å²) in [5, 5.41) is 9.17. The molecule has 3 rings (SSSR count). The Morgan fingerprint density at radius 1 is 1.35 bits per heavy atom. The zero-order valence-corrected chi connectivity index (χ0v) is 14.3. The Hall–Kier alpha value is -1.89. The molecule has 0 saturated heterocycles. The van der Waals surface area contributed by atoms with Crippen LogP contribution in [-0.2, 0) is 13.0 Å². The molecule has 0 aromatic carbocycles. The van der Waals surface area contributed by atoms with E-state index in [0.29, 0.717) is 6.54 Å². The van der Waals surface area contributed by atoms with Crippen molar-refractivity contribution >= 4 is 11.2 Å². The Morgan fingerprint density at radius 2 is 2.13 bits per heavy atom. The number of aryl methyl sites for hydroxylation is 2. The van der Waals surface area contributed by atoms with Gasteiger partial charge in [-0.25, -0.2) is 9.97 Å². The van der Waals surface area contributed by atoms with Crippen LogP contribution in [0, 0.1) is 30.1 Å². The fraction of sp³-hybridized carbons (Fsp3) is 0.632. The largest absolute Gasteiger partial charge is 0.311 e. The number of hydrogen-bond acceptors (Lipinski definition) is 3. The second-order valence-corrected chi connectivity index (χ2v) is 7.07. The maximum Gasteiger partial charge on any atom is 0.160 e. The third kappa shape index (κ3) is 3.72. The third-order valence-electron chi connectivity index (χ3n) is 4.98. The van der Waals surface area contributed by atoms with E-state index in [1.54, 1.807) is 0 Å². The van der Waals surface area contributed by atoms with Crippen LogP contribution in [0.2, 0.25) is 0 Å². The number of aromatic nitrogens is 3. The first-order valence-corrected chi connectivity index (χ1v) is 8.88. The second kappa shape index (κ2) is 7.12. The Balaban J connectivity index is 1.84. The smallest absolute Gasteiger partial charge is 0.160 e. The van der Waals surface area contributed by atoms with Gasteiger partial charge in [-0.1, -0.05) is 32.1 Å². The lowest BCUT2D eigenvalue weighted by molar-refractivity contribution is 0.335. The quantitative estimate of drug-likeness (QED) is 0.821. The lowest BCUT2D eigenvalue weighted by Gasteiger charge is -2.21. The molecule has 2 aromatic rings. The van der Waals surface area contributed by atoms with Gasteiger partial charge in [0.2, 0.25) is 0 Å². The van der Waals surface area contributed by atoms with Gasteiger partial charge in [-0.05, 0) is 37.8 Å². The van der Waals surface area contributed by atoms with Crippen LogP contribution in [0.4, 0.5) is 0 Å². The summed E-state index contributed by atoms with van der Waals surface area (Å²) in [6, 6.07) is 4.43. The molecule has 2 aromatic heterocycles. The van der Waals surface area contributed by atoms with Crippen molar-refractivity contribution in [1.29, 1.82) is 5.26 Å². The van der Waals surface area contributed by atoms with Gasteiger partial charge in [0.25, 0.3) is 0 Å². The van der Waals surface area contributed by atoms with Gasteiger partial charge in [-0.3, -0.25) is 0 Å². The second-order valence-electron chi connectivity index (χ2n) is 7.07. The van der Waals surface area contributed by atoms with Gasteiger partial charge >= 0.3 is 0 Å². The topological polar surface area (TPSA) is 54.5 Å². The zero-order chi connectivity index (χ0) is 16.2. The number of nitriles is 1. The molecule has 1 atom stereocenters. The van der Waals surface area contributed by atoms with E-state index in [9.17, 15) is 5.26 Å². The molecule has 23 heavy (non-hydrogen) atoms. The van der Waals surface area contributed by atoms with Crippen molar-refractivity contribution in [3.63, 3.8) is 0 Å². The summed E-state index contributed by atoms with van der Waals surface area (Å²) in [6.07, 6.45) is 11.0. The molecule has 0 N–H and O–H groups in total. The van der Waals surface area contributed by atoms with Crippen LogP contribution in [-0.4, -0.2) is 14.5 Å². The molecule has 1 fully saturated rings. The van der Waals surface area contributed by atoms with Gasteiger partial charge < -0.3 is 4.57 Å². The molecule has 122 valence electrons. The number of nitrogens with zero attached hydrogens (tertiary/aromatic N) is 4. The summed E-state index contributed by atoms with van der Waals surface area (Å²) < 4.78 is 2.17. The summed E-state index contributed by atoms with van der Waals surface area (Å²) in [6.45, 7) is 4.69. The van der Waals surface area contributed by atoms with Crippen molar-refractivity contribution in [2.24, 2.45) is 11.8 Å². The molecule has 4 nitrogen and oxygen atoms in total. The summed E-state index contributed by atoms with van der Waals surface area (Å²) in [4.78, 5) is 9.41. The van der Waals surface area contributed by atoms with E-state index in [1.165, 1.54) is 38.5 Å². The van der Waals surface area contributed by atoms with E-state index in [0.717, 1.165) is 34.9 Å². The maximum atomic E-state index is 9.17. The van der Waals surface area contributed by atoms with E-state index in [4.69, 9.17) is 4.98 Å². The summed E-state index contributed by atoms with van der Waals surface area (Å²) >= 11 is 0. The highest BCUT2D eigenvalue weighted by atomic mass is 15.1. The maximum absolute atomic E-state index is 9.17. The first-order valence-electron chi connectivity index (χ1n) is 8.88. The Labute approximate surface area is 138 Å². The zero-order valence-electron chi connectivity index (χ0n) is 14.3. The van der Waals surface area contributed by atoms with Crippen LogP contribution in [0.25, 0.3) is 11.2 Å². The minimum Gasteiger partial charge on any atom is -0.311 e. The highest BCUT2D eigenvalue weighted by Crippen LogP contribution is 2.28. The molecular formula is C19H26N4. The Bertz CT molecular complexity index is 704. The predicted octanol–water partition coefficient (Wildman–Crippen LogP) is 4.41. The van der Waals surface area contributed by atoms with E-state index in [2.05, 4.69) is 21.7 Å². The van der Waals surface area contributed by atoms with Crippen LogP contribution < -0.4 is 0 Å². The predicted molar refractivity (Wildman–Crippen MR) is 91.9 cm³/mol. The Kier molecular flexibility index (Phi) is 4.95. The van der Waals surface area contributed by atoms with Crippen molar-refractivity contribution in [3.05, 3.63) is 23.7 Å². The van der Waals surface area contributed by atoms with Gasteiger partial charge in [0.05, 0.1) is 12.0 Å². The minimum absolute atomic E-state index is 0.0241. The highest BCUT2D eigenvalue weighted by Gasteiger charge is 2.18. The molecule has 0 aliphatic heterocycles. The van der Waals surface area contributed by atoms with Gasteiger partial charge in [-0.2, -0.15) is 5.26 Å². The van der Waals surface area contributed by atoms with Gasteiger partial charge in [0.15, 0.2) is 5.65 Å².